The fourth-order valence-corrected chi connectivity index (χ4v) is 6.68. The van der Waals surface area contributed by atoms with Gasteiger partial charge >= 0.3 is 0 Å². The van der Waals surface area contributed by atoms with Gasteiger partial charge in [-0.3, -0.25) is 13.9 Å². The highest BCUT2D eigenvalue weighted by Crippen LogP contribution is 2.30. The Hall–Kier alpha value is -3.27. The molecule has 0 bridgehead atoms. The van der Waals surface area contributed by atoms with Crippen LogP contribution in [0.3, 0.4) is 0 Å². The lowest BCUT2D eigenvalue weighted by Gasteiger charge is -2.35. The number of para-hydroxylation sites is 2. The molecule has 0 aliphatic heterocycles. The highest BCUT2D eigenvalue weighted by atomic mass is 35.5. The lowest BCUT2D eigenvalue weighted by Crippen LogP contribution is -2.55. The number of ether oxygens (including phenoxy) is 1. The second-order valence-corrected chi connectivity index (χ2v) is 13.5. The van der Waals surface area contributed by atoms with E-state index in [-0.39, 0.29) is 30.6 Å². The van der Waals surface area contributed by atoms with Crippen LogP contribution in [0, 0.1) is 0 Å². The first-order chi connectivity index (χ1) is 20.6. The van der Waals surface area contributed by atoms with Crippen LogP contribution in [0.1, 0.15) is 43.2 Å². The Morgan fingerprint density at radius 1 is 0.977 bits per heavy atom. The number of rotatable bonds is 12. The molecule has 0 aromatic heterocycles. The van der Waals surface area contributed by atoms with Gasteiger partial charge < -0.3 is 15.0 Å². The molecule has 0 unspecified atom stereocenters. The average Bonchev–Trinajstić information content (AvgIpc) is 2.99. The van der Waals surface area contributed by atoms with Gasteiger partial charge in [0.25, 0.3) is 0 Å². The van der Waals surface area contributed by atoms with Gasteiger partial charge in [-0.05, 0) is 48.2 Å². The van der Waals surface area contributed by atoms with Crippen molar-refractivity contribution in [3.05, 3.63) is 94.0 Å². The summed E-state index contributed by atoms with van der Waals surface area (Å²) in [7, 11) is -2.50. The second-order valence-electron chi connectivity index (χ2n) is 10.7. The zero-order valence-electron chi connectivity index (χ0n) is 24.3. The SMILES string of the molecule is COc1ccccc1N(CC(=O)N(Cc1ccc(Cl)cc1Cl)[C@H](Cc1ccccc1)C(=O)NC1CCCCC1)S(C)(=O)=O. The smallest absolute Gasteiger partial charge is 0.244 e. The fraction of sp³-hybridized carbons (Fsp3) is 0.375. The molecule has 0 heterocycles. The standard InChI is InChI=1S/C32H37Cl2N3O5S/c1-42-30-16-10-9-15-28(30)37(43(2,40)41)22-31(38)36(21-24-17-18-25(33)20-27(24)34)29(19-23-11-5-3-6-12-23)32(39)35-26-13-7-4-8-14-26/h3,5-6,9-12,15-18,20,26,29H,4,7-8,13-14,19,21-22H2,1-2H3,(H,35,39)/t29-/m1/s1. The molecule has 1 aliphatic rings. The Kier molecular flexibility index (Phi) is 11.3. The van der Waals surface area contributed by atoms with E-state index >= 15 is 0 Å². The molecule has 4 rings (SSSR count). The zero-order chi connectivity index (χ0) is 31.0. The Bertz CT molecular complexity index is 1510. The van der Waals surface area contributed by atoms with Gasteiger partial charge in [-0.2, -0.15) is 0 Å². The van der Waals surface area contributed by atoms with Gasteiger partial charge in [-0.1, -0.05) is 91.0 Å². The third kappa shape index (κ3) is 8.87. The van der Waals surface area contributed by atoms with E-state index in [4.69, 9.17) is 27.9 Å². The lowest BCUT2D eigenvalue weighted by atomic mass is 9.94. The minimum atomic E-state index is -3.93. The molecule has 3 aromatic carbocycles. The molecule has 8 nitrogen and oxygen atoms in total. The first kappa shape index (κ1) is 32.6. The van der Waals surface area contributed by atoms with Crippen molar-refractivity contribution in [2.24, 2.45) is 0 Å². The van der Waals surface area contributed by atoms with Crippen LogP contribution in [0.2, 0.25) is 10.0 Å². The van der Waals surface area contributed by atoms with Crippen LogP contribution in [0.4, 0.5) is 5.69 Å². The van der Waals surface area contributed by atoms with Crippen molar-refractivity contribution >= 4 is 50.7 Å². The number of nitrogens with one attached hydrogen (secondary N) is 1. The third-order valence-corrected chi connectivity index (χ3v) is 9.32. The first-order valence-electron chi connectivity index (χ1n) is 14.2. The Morgan fingerprint density at radius 2 is 1.65 bits per heavy atom. The molecule has 230 valence electrons. The van der Waals surface area contributed by atoms with Crippen molar-refractivity contribution < 1.29 is 22.7 Å². The van der Waals surface area contributed by atoms with Gasteiger partial charge in [0.2, 0.25) is 21.8 Å². The number of hydrogen-bond donors (Lipinski definition) is 1. The predicted octanol–water partition coefficient (Wildman–Crippen LogP) is 5.86. The molecule has 3 aromatic rings. The van der Waals surface area contributed by atoms with Gasteiger partial charge in [0.15, 0.2) is 0 Å². The zero-order valence-corrected chi connectivity index (χ0v) is 26.7. The monoisotopic (exact) mass is 645 g/mol. The molecule has 11 heteroatoms. The summed E-state index contributed by atoms with van der Waals surface area (Å²) in [5.41, 5.74) is 1.65. The van der Waals surface area contributed by atoms with Gasteiger partial charge in [0.1, 0.15) is 18.3 Å². The van der Waals surface area contributed by atoms with E-state index in [1.807, 2.05) is 30.3 Å². The summed E-state index contributed by atoms with van der Waals surface area (Å²) in [6.07, 6.45) is 6.18. The van der Waals surface area contributed by atoms with Crippen LogP contribution in [-0.2, 0) is 32.6 Å². The van der Waals surface area contributed by atoms with E-state index in [9.17, 15) is 18.0 Å². The number of nitrogens with zero attached hydrogens (tertiary/aromatic N) is 2. The van der Waals surface area contributed by atoms with Crippen LogP contribution in [0.5, 0.6) is 5.75 Å². The summed E-state index contributed by atoms with van der Waals surface area (Å²) in [5.74, 6) is -0.566. The van der Waals surface area contributed by atoms with Crippen LogP contribution in [0.25, 0.3) is 0 Å². The van der Waals surface area contributed by atoms with Crippen molar-refractivity contribution in [1.29, 1.82) is 0 Å². The largest absolute Gasteiger partial charge is 0.495 e. The topological polar surface area (TPSA) is 96.0 Å². The summed E-state index contributed by atoms with van der Waals surface area (Å²) in [6.45, 7) is -0.583. The highest BCUT2D eigenvalue weighted by molar-refractivity contribution is 7.92. The van der Waals surface area contributed by atoms with Crippen molar-refractivity contribution in [2.75, 3.05) is 24.2 Å². The maximum atomic E-state index is 14.3. The van der Waals surface area contributed by atoms with Crippen LogP contribution < -0.4 is 14.4 Å². The summed E-state index contributed by atoms with van der Waals surface area (Å²) in [6, 6.07) is 20.0. The Balaban J connectivity index is 1.76. The lowest BCUT2D eigenvalue weighted by molar-refractivity contribution is -0.140. The number of carbonyl (C=O) groups is 2. The molecular formula is C32H37Cl2N3O5S. The molecule has 1 atom stereocenters. The van der Waals surface area contributed by atoms with E-state index in [1.54, 1.807) is 42.5 Å². The molecule has 0 radical (unpaired) electrons. The molecule has 1 aliphatic carbocycles. The van der Waals surface area contributed by atoms with Crippen LogP contribution >= 0.6 is 23.2 Å². The summed E-state index contributed by atoms with van der Waals surface area (Å²) in [5, 5.41) is 3.95. The first-order valence-corrected chi connectivity index (χ1v) is 16.9. The maximum Gasteiger partial charge on any atom is 0.244 e. The number of methoxy groups -OCH3 is 1. The van der Waals surface area contributed by atoms with E-state index in [0.717, 1.165) is 48.2 Å². The van der Waals surface area contributed by atoms with Gasteiger partial charge in [0, 0.05) is 29.1 Å². The maximum absolute atomic E-state index is 14.3. The summed E-state index contributed by atoms with van der Waals surface area (Å²) < 4.78 is 32.5. The van der Waals surface area contributed by atoms with Crippen molar-refractivity contribution in [3.8, 4) is 5.75 Å². The van der Waals surface area contributed by atoms with Gasteiger partial charge in [0.05, 0.1) is 19.1 Å². The highest BCUT2D eigenvalue weighted by Gasteiger charge is 2.35. The fourth-order valence-electron chi connectivity index (χ4n) is 5.36. The summed E-state index contributed by atoms with van der Waals surface area (Å²) in [4.78, 5) is 29.8. The van der Waals surface area contributed by atoms with Crippen molar-refractivity contribution in [1.82, 2.24) is 10.2 Å². The number of carbonyl (C=O) groups excluding carboxylic acids is 2. The Labute approximate surface area is 264 Å². The third-order valence-electron chi connectivity index (χ3n) is 7.61. The van der Waals surface area contributed by atoms with Crippen LogP contribution in [0.15, 0.2) is 72.8 Å². The number of sulfonamides is 1. The number of hydrogen-bond acceptors (Lipinski definition) is 5. The van der Waals surface area contributed by atoms with E-state index in [2.05, 4.69) is 5.32 Å². The summed E-state index contributed by atoms with van der Waals surface area (Å²) >= 11 is 12.7. The molecule has 1 saturated carbocycles. The molecule has 2 amide bonds. The van der Waals surface area contributed by atoms with Crippen LogP contribution in [-0.4, -0.2) is 57.1 Å². The average molecular weight is 647 g/mol. The number of benzene rings is 3. The predicted molar refractivity (Wildman–Crippen MR) is 171 cm³/mol. The van der Waals surface area contributed by atoms with E-state index < -0.39 is 28.5 Å². The van der Waals surface area contributed by atoms with E-state index in [1.165, 1.54) is 12.0 Å². The molecule has 43 heavy (non-hydrogen) atoms. The molecular weight excluding hydrogens is 609 g/mol. The normalized spacial score (nSPS) is 14.5. The minimum absolute atomic E-state index is 0.0108. The number of halogens is 2. The minimum Gasteiger partial charge on any atom is -0.495 e. The quantitative estimate of drug-likeness (QED) is 0.266. The molecule has 0 spiro atoms. The number of anilines is 1. The van der Waals surface area contributed by atoms with E-state index in [0.29, 0.717) is 21.4 Å². The number of amides is 2. The molecule has 1 fully saturated rings. The molecule has 0 saturated heterocycles. The van der Waals surface area contributed by atoms with Gasteiger partial charge in [-0.15, -0.1) is 0 Å². The van der Waals surface area contributed by atoms with Crippen molar-refractivity contribution in [3.63, 3.8) is 0 Å². The Morgan fingerprint density at radius 3 is 2.30 bits per heavy atom. The van der Waals surface area contributed by atoms with Gasteiger partial charge in [-0.25, -0.2) is 8.42 Å². The second kappa shape index (κ2) is 14.9. The molecule has 1 N–H and O–H groups in total. The van der Waals surface area contributed by atoms with Crippen molar-refractivity contribution in [2.45, 2.75) is 57.2 Å².